The van der Waals surface area contributed by atoms with E-state index in [1.807, 2.05) is 0 Å². The van der Waals surface area contributed by atoms with Gasteiger partial charge in [-0.1, -0.05) is 0 Å². The summed E-state index contributed by atoms with van der Waals surface area (Å²) in [4.78, 5) is 34.4. The number of hydrogen-bond donors (Lipinski definition) is 1. The molecule has 0 atom stereocenters. The fraction of sp³-hybridized carbons (Fsp3) is 0.125. The summed E-state index contributed by atoms with van der Waals surface area (Å²) < 4.78 is 15.9. The smallest absolute Gasteiger partial charge is 0.338 e. The maximum Gasteiger partial charge on any atom is 0.338 e. The zero-order valence-electron chi connectivity index (χ0n) is 13.4. The van der Waals surface area contributed by atoms with Crippen LogP contribution < -0.4 is 14.8 Å². The van der Waals surface area contributed by atoms with Crippen LogP contribution in [0.25, 0.3) is 0 Å². The number of carbonyl (C=O) groups is 2. The van der Waals surface area contributed by atoms with E-state index in [2.05, 4.69) is 37.2 Å². The molecule has 0 spiro atoms. The van der Waals surface area contributed by atoms with Crippen molar-refractivity contribution in [2.45, 2.75) is 0 Å². The summed E-state index contributed by atoms with van der Waals surface area (Å²) in [7, 11) is 0. The van der Waals surface area contributed by atoms with Crippen LogP contribution in [-0.4, -0.2) is 30.2 Å². The molecule has 9 nitrogen and oxygen atoms in total. The monoisotopic (exact) mass is 500 g/mol. The molecular weight excluding hydrogens is 492 g/mol. The van der Waals surface area contributed by atoms with Gasteiger partial charge in [0, 0.05) is 21.1 Å². The van der Waals surface area contributed by atoms with Crippen molar-refractivity contribution in [2.75, 3.05) is 18.7 Å². The summed E-state index contributed by atoms with van der Waals surface area (Å²) >= 11 is 6.31. The lowest BCUT2D eigenvalue weighted by atomic mass is 10.2. The number of ether oxygens (including phenoxy) is 3. The summed E-state index contributed by atoms with van der Waals surface area (Å²) in [6.07, 6.45) is 0. The molecule has 0 fully saturated rings. The molecule has 3 rings (SSSR count). The Balaban J connectivity index is 1.61. The standard InChI is InChI=1S/C16H10Br2N2O7/c17-10-4-9(20(23)24)5-11(18)15(10)19-14(21)6-25-16(22)8-1-2-12-13(3-8)27-7-26-12/h1-5H,6-7H2,(H,19,21). The predicted molar refractivity (Wildman–Crippen MR) is 100.0 cm³/mol. The van der Waals surface area contributed by atoms with Crippen LogP contribution in [0.1, 0.15) is 10.4 Å². The Morgan fingerprint density at radius 3 is 2.48 bits per heavy atom. The molecule has 0 aromatic heterocycles. The molecule has 1 aliphatic heterocycles. The molecule has 0 saturated heterocycles. The fourth-order valence-electron chi connectivity index (χ4n) is 2.20. The van der Waals surface area contributed by atoms with Crippen molar-refractivity contribution in [2.24, 2.45) is 0 Å². The van der Waals surface area contributed by atoms with Crippen molar-refractivity contribution in [3.63, 3.8) is 0 Å². The second-order valence-corrected chi connectivity index (χ2v) is 6.94. The SMILES string of the molecule is O=C(COC(=O)c1ccc2c(c1)OCO2)Nc1c(Br)cc([N+](=O)[O-])cc1Br. The van der Waals surface area contributed by atoms with E-state index in [4.69, 9.17) is 14.2 Å². The Labute approximate surface area is 169 Å². The van der Waals surface area contributed by atoms with E-state index in [1.165, 1.54) is 24.3 Å². The molecule has 0 bridgehead atoms. The zero-order valence-corrected chi connectivity index (χ0v) is 16.5. The van der Waals surface area contributed by atoms with Crippen molar-refractivity contribution in [3.8, 4) is 11.5 Å². The molecule has 2 aromatic rings. The summed E-state index contributed by atoms with van der Waals surface area (Å²) in [5, 5.41) is 13.3. The van der Waals surface area contributed by atoms with Gasteiger partial charge in [-0.3, -0.25) is 14.9 Å². The average molecular weight is 502 g/mol. The minimum absolute atomic E-state index is 0.0786. The molecule has 27 heavy (non-hydrogen) atoms. The maximum absolute atomic E-state index is 12.1. The van der Waals surface area contributed by atoms with Gasteiger partial charge < -0.3 is 19.5 Å². The number of nitrogens with one attached hydrogen (secondary N) is 1. The number of hydrogen-bond acceptors (Lipinski definition) is 7. The maximum atomic E-state index is 12.1. The molecule has 140 valence electrons. The highest BCUT2D eigenvalue weighted by Crippen LogP contribution is 2.35. The van der Waals surface area contributed by atoms with Crippen molar-refractivity contribution in [1.29, 1.82) is 0 Å². The van der Waals surface area contributed by atoms with E-state index >= 15 is 0 Å². The molecule has 1 heterocycles. The molecule has 11 heteroatoms. The van der Waals surface area contributed by atoms with Gasteiger partial charge in [-0.15, -0.1) is 0 Å². The van der Waals surface area contributed by atoms with Gasteiger partial charge in [0.05, 0.1) is 16.2 Å². The van der Waals surface area contributed by atoms with Crippen molar-refractivity contribution < 1.29 is 28.7 Å². The predicted octanol–water partition coefficient (Wildman–Crippen LogP) is 3.64. The summed E-state index contributed by atoms with van der Waals surface area (Å²) in [6.45, 7) is -0.460. The average Bonchev–Trinajstić information content (AvgIpc) is 3.10. The summed E-state index contributed by atoms with van der Waals surface area (Å²) in [6, 6.07) is 7.03. The Kier molecular flexibility index (Phi) is 5.61. The summed E-state index contributed by atoms with van der Waals surface area (Å²) in [5.41, 5.74) is 0.343. The van der Waals surface area contributed by atoms with Gasteiger partial charge >= 0.3 is 5.97 Å². The first-order valence-corrected chi connectivity index (χ1v) is 8.94. The first-order valence-electron chi connectivity index (χ1n) is 7.35. The van der Waals surface area contributed by atoms with Crippen LogP contribution in [-0.2, 0) is 9.53 Å². The van der Waals surface area contributed by atoms with Gasteiger partial charge in [-0.2, -0.15) is 0 Å². The lowest BCUT2D eigenvalue weighted by Gasteiger charge is -2.10. The van der Waals surface area contributed by atoms with Crippen LogP contribution in [0.3, 0.4) is 0 Å². The Hall–Kier alpha value is -2.66. The number of nitro groups is 1. The number of nitrogens with zero attached hydrogens (tertiary/aromatic N) is 1. The second kappa shape index (κ2) is 7.92. The van der Waals surface area contributed by atoms with E-state index < -0.39 is 23.4 Å². The van der Waals surface area contributed by atoms with Crippen LogP contribution in [0, 0.1) is 10.1 Å². The van der Waals surface area contributed by atoms with Crippen molar-refractivity contribution in [3.05, 3.63) is 55.0 Å². The number of carbonyl (C=O) groups excluding carboxylic acids is 2. The number of nitro benzene ring substituents is 1. The summed E-state index contributed by atoms with van der Waals surface area (Å²) in [5.74, 6) is -0.366. The van der Waals surface area contributed by atoms with E-state index in [0.717, 1.165) is 0 Å². The molecule has 1 aliphatic rings. The van der Waals surface area contributed by atoms with E-state index in [9.17, 15) is 19.7 Å². The fourth-order valence-corrected chi connectivity index (χ4v) is 3.56. The molecule has 0 aliphatic carbocycles. The van der Waals surface area contributed by atoms with Crippen molar-refractivity contribution in [1.82, 2.24) is 0 Å². The number of fused-ring (bicyclic) bond motifs is 1. The lowest BCUT2D eigenvalue weighted by Crippen LogP contribution is -2.21. The third kappa shape index (κ3) is 4.37. The number of benzene rings is 2. The molecule has 0 radical (unpaired) electrons. The topological polar surface area (TPSA) is 117 Å². The van der Waals surface area contributed by atoms with Crippen LogP contribution in [0.15, 0.2) is 39.3 Å². The molecule has 0 saturated carbocycles. The van der Waals surface area contributed by atoms with Gasteiger partial charge in [-0.25, -0.2) is 4.79 Å². The molecule has 1 amide bonds. The Morgan fingerprint density at radius 1 is 1.15 bits per heavy atom. The molecule has 0 unspecified atom stereocenters. The quantitative estimate of drug-likeness (QED) is 0.377. The van der Waals surface area contributed by atoms with Crippen molar-refractivity contribution >= 4 is 55.1 Å². The number of non-ortho nitro benzene ring substituents is 1. The lowest BCUT2D eigenvalue weighted by molar-refractivity contribution is -0.385. The number of amides is 1. The van der Waals surface area contributed by atoms with E-state index in [0.29, 0.717) is 20.4 Å². The van der Waals surface area contributed by atoms with Crippen LogP contribution in [0.5, 0.6) is 11.5 Å². The van der Waals surface area contributed by atoms with Gasteiger partial charge in [0.15, 0.2) is 18.1 Å². The van der Waals surface area contributed by atoms with Gasteiger partial charge in [-0.05, 0) is 50.1 Å². The Bertz CT molecular complexity index is 925. The Morgan fingerprint density at radius 2 is 1.81 bits per heavy atom. The highest BCUT2D eigenvalue weighted by molar-refractivity contribution is 9.11. The third-order valence-corrected chi connectivity index (χ3v) is 4.70. The molecular formula is C16H10Br2N2O7. The van der Waals surface area contributed by atoms with Gasteiger partial charge in [0.2, 0.25) is 6.79 Å². The van der Waals surface area contributed by atoms with Gasteiger partial charge in [0.25, 0.3) is 11.6 Å². The highest BCUT2D eigenvalue weighted by Gasteiger charge is 2.19. The van der Waals surface area contributed by atoms with E-state index in [-0.39, 0.29) is 23.7 Å². The minimum atomic E-state index is -0.703. The largest absolute Gasteiger partial charge is 0.454 e. The first kappa shape index (κ1) is 19.1. The van der Waals surface area contributed by atoms with Crippen LogP contribution in [0.2, 0.25) is 0 Å². The van der Waals surface area contributed by atoms with E-state index in [1.54, 1.807) is 6.07 Å². The second-order valence-electron chi connectivity index (χ2n) is 5.23. The third-order valence-electron chi connectivity index (χ3n) is 3.44. The number of anilines is 1. The van der Waals surface area contributed by atoms with Gasteiger partial charge in [0.1, 0.15) is 0 Å². The van der Waals surface area contributed by atoms with Crippen LogP contribution >= 0.6 is 31.9 Å². The minimum Gasteiger partial charge on any atom is -0.454 e. The number of rotatable bonds is 5. The highest BCUT2D eigenvalue weighted by atomic mass is 79.9. The zero-order chi connectivity index (χ0) is 19.6. The number of esters is 1. The molecule has 1 N–H and O–H groups in total. The first-order chi connectivity index (χ1) is 12.8. The number of halogens is 2. The normalized spacial score (nSPS) is 11.8. The van der Waals surface area contributed by atoms with Crippen LogP contribution in [0.4, 0.5) is 11.4 Å². The molecule has 2 aromatic carbocycles.